The molecule has 0 heterocycles. The van der Waals surface area contributed by atoms with Crippen molar-refractivity contribution in [2.24, 2.45) is 0 Å². The highest BCUT2D eigenvalue weighted by molar-refractivity contribution is 5.92. The van der Waals surface area contributed by atoms with Crippen LogP contribution in [0.4, 0.5) is 17.1 Å². The zero-order valence-electron chi connectivity index (χ0n) is 31.8. The quantitative estimate of drug-likeness (QED) is 0.101. The van der Waals surface area contributed by atoms with Crippen molar-refractivity contribution in [2.75, 3.05) is 4.90 Å². The molecule has 0 bridgehead atoms. The molecule has 0 atom stereocenters. The second-order valence-corrected chi connectivity index (χ2v) is 14.6. The summed E-state index contributed by atoms with van der Waals surface area (Å²) in [5, 5.41) is 0. The van der Waals surface area contributed by atoms with Crippen molar-refractivity contribution in [2.45, 2.75) is 39.5 Å². The van der Waals surface area contributed by atoms with Gasteiger partial charge in [-0.3, -0.25) is 0 Å². The third-order valence-electron chi connectivity index (χ3n) is 10.7. The fourth-order valence-electron chi connectivity index (χ4n) is 7.58. The minimum atomic E-state index is 1.14. The van der Waals surface area contributed by atoms with Gasteiger partial charge in [0.25, 0.3) is 0 Å². The fraction of sp³-hybridized carbons (Fsp3) is 0.111. The zero-order valence-corrected chi connectivity index (χ0v) is 31.8. The van der Waals surface area contributed by atoms with E-state index in [0.29, 0.717) is 0 Å². The largest absolute Gasteiger partial charge is 0.310 e. The molecule has 7 aromatic rings. The Kier molecular flexibility index (Phi) is 10.8. The average Bonchev–Trinajstić information content (AvgIpc) is 3.24. The summed E-state index contributed by atoms with van der Waals surface area (Å²) in [5.74, 6) is 0. The molecular weight excluding hydrogens is 663 g/mol. The highest BCUT2D eigenvalue weighted by Gasteiger charge is 2.17. The standard InChI is InChI=1S/C54H47N/c1-40-20-28-47(29-21-40)53(48-30-22-41(2)23-31-48)19-11-12-42-24-33-50(34-25-42)55(52-37-32-44-13-9-10-18-49(44)39-52)51-35-26-43(27-36-51)38-54(45-14-5-3-6-15-45)46-16-7-4-8-17-46/h3-8,11-12,14-17,19-39H,9-10,13,18H2,1-2H3. The molecule has 1 nitrogen and oxygen atoms in total. The summed E-state index contributed by atoms with van der Waals surface area (Å²) in [7, 11) is 0. The van der Waals surface area contributed by atoms with Gasteiger partial charge in [-0.15, -0.1) is 0 Å². The minimum Gasteiger partial charge on any atom is -0.310 e. The maximum absolute atomic E-state index is 2.42. The van der Waals surface area contributed by atoms with E-state index >= 15 is 0 Å². The normalized spacial score (nSPS) is 12.2. The van der Waals surface area contributed by atoms with Gasteiger partial charge in [-0.25, -0.2) is 0 Å². The van der Waals surface area contributed by atoms with Gasteiger partial charge in [0.05, 0.1) is 0 Å². The van der Waals surface area contributed by atoms with Gasteiger partial charge in [-0.1, -0.05) is 169 Å². The fourth-order valence-corrected chi connectivity index (χ4v) is 7.58. The van der Waals surface area contributed by atoms with Gasteiger partial charge in [0.1, 0.15) is 0 Å². The molecule has 0 N–H and O–H groups in total. The van der Waals surface area contributed by atoms with Crippen LogP contribution in [0.5, 0.6) is 0 Å². The van der Waals surface area contributed by atoms with Crippen LogP contribution in [0.3, 0.4) is 0 Å². The van der Waals surface area contributed by atoms with E-state index in [2.05, 4.69) is 219 Å². The molecule has 0 unspecified atom stereocenters. The summed E-state index contributed by atoms with van der Waals surface area (Å²) < 4.78 is 0. The van der Waals surface area contributed by atoms with Crippen molar-refractivity contribution < 1.29 is 0 Å². The van der Waals surface area contributed by atoms with E-state index in [0.717, 1.165) is 23.4 Å². The lowest BCUT2D eigenvalue weighted by Gasteiger charge is -2.27. The first-order valence-electron chi connectivity index (χ1n) is 19.5. The number of fused-ring (bicyclic) bond motifs is 1. The molecule has 0 saturated carbocycles. The number of nitrogens with zero attached hydrogens (tertiary/aromatic N) is 1. The van der Waals surface area contributed by atoms with Crippen LogP contribution >= 0.6 is 0 Å². The van der Waals surface area contributed by atoms with Crippen molar-refractivity contribution in [3.8, 4) is 0 Å². The van der Waals surface area contributed by atoms with Crippen molar-refractivity contribution in [1.82, 2.24) is 0 Å². The van der Waals surface area contributed by atoms with Crippen molar-refractivity contribution in [1.29, 1.82) is 0 Å². The molecule has 7 aromatic carbocycles. The number of benzene rings is 7. The Morgan fingerprint density at radius 1 is 0.436 bits per heavy atom. The maximum atomic E-state index is 2.42. The first-order valence-corrected chi connectivity index (χ1v) is 19.5. The first kappa shape index (κ1) is 35.6. The summed E-state index contributed by atoms with van der Waals surface area (Å²) >= 11 is 0. The zero-order chi connectivity index (χ0) is 37.4. The smallest absolute Gasteiger partial charge is 0.0464 e. The van der Waals surface area contributed by atoms with Crippen LogP contribution in [0.15, 0.2) is 188 Å². The summed E-state index contributed by atoms with van der Waals surface area (Å²) in [6.07, 6.45) is 13.8. The Labute approximate surface area is 327 Å². The number of allylic oxidation sites excluding steroid dienone is 2. The Morgan fingerprint density at radius 2 is 0.909 bits per heavy atom. The van der Waals surface area contributed by atoms with Gasteiger partial charge in [-0.2, -0.15) is 0 Å². The van der Waals surface area contributed by atoms with Crippen LogP contribution in [0.2, 0.25) is 0 Å². The lowest BCUT2D eigenvalue weighted by atomic mass is 9.91. The molecule has 268 valence electrons. The van der Waals surface area contributed by atoms with Gasteiger partial charge in [-0.05, 0) is 138 Å². The van der Waals surface area contributed by atoms with E-state index in [9.17, 15) is 0 Å². The molecule has 1 heteroatoms. The van der Waals surface area contributed by atoms with E-state index in [-0.39, 0.29) is 0 Å². The monoisotopic (exact) mass is 709 g/mol. The molecule has 1 aliphatic carbocycles. The highest BCUT2D eigenvalue weighted by Crippen LogP contribution is 2.38. The number of hydrogen-bond donors (Lipinski definition) is 0. The Bertz CT molecular complexity index is 2340. The number of hydrogen-bond acceptors (Lipinski definition) is 1. The lowest BCUT2D eigenvalue weighted by molar-refractivity contribution is 0.685. The highest BCUT2D eigenvalue weighted by atomic mass is 15.1. The third-order valence-corrected chi connectivity index (χ3v) is 10.7. The predicted octanol–water partition coefficient (Wildman–Crippen LogP) is 14.4. The van der Waals surface area contributed by atoms with E-state index < -0.39 is 0 Å². The first-order chi connectivity index (χ1) is 27.1. The molecule has 0 aromatic heterocycles. The van der Waals surface area contributed by atoms with Gasteiger partial charge >= 0.3 is 0 Å². The van der Waals surface area contributed by atoms with Crippen molar-refractivity contribution in [3.05, 3.63) is 244 Å². The van der Waals surface area contributed by atoms with E-state index in [1.807, 2.05) is 0 Å². The molecule has 0 radical (unpaired) electrons. The Morgan fingerprint density at radius 3 is 1.45 bits per heavy atom. The molecule has 0 saturated heterocycles. The summed E-state index contributed by atoms with van der Waals surface area (Å²) in [6.45, 7) is 4.27. The predicted molar refractivity (Wildman–Crippen MR) is 236 cm³/mol. The molecule has 1 aliphatic rings. The number of rotatable bonds is 10. The lowest BCUT2D eigenvalue weighted by Crippen LogP contribution is -2.12. The molecule has 0 aliphatic heterocycles. The van der Waals surface area contributed by atoms with E-state index in [1.54, 1.807) is 0 Å². The van der Waals surface area contributed by atoms with Crippen LogP contribution < -0.4 is 4.90 Å². The molecule has 0 spiro atoms. The van der Waals surface area contributed by atoms with Crippen LogP contribution in [0, 0.1) is 13.8 Å². The maximum Gasteiger partial charge on any atom is 0.0464 e. The molecule has 55 heavy (non-hydrogen) atoms. The second kappa shape index (κ2) is 16.7. The van der Waals surface area contributed by atoms with Gasteiger partial charge in [0.15, 0.2) is 0 Å². The van der Waals surface area contributed by atoms with Crippen molar-refractivity contribution >= 4 is 40.4 Å². The molecule has 8 rings (SSSR count). The van der Waals surface area contributed by atoms with Gasteiger partial charge < -0.3 is 4.90 Å². The van der Waals surface area contributed by atoms with Crippen molar-refractivity contribution in [3.63, 3.8) is 0 Å². The molecule has 0 fully saturated rings. The minimum absolute atomic E-state index is 1.14. The van der Waals surface area contributed by atoms with Crippen LogP contribution in [-0.2, 0) is 12.8 Å². The summed E-state index contributed by atoms with van der Waals surface area (Å²) in [4.78, 5) is 2.40. The van der Waals surface area contributed by atoms with E-state index in [1.165, 1.54) is 86.2 Å². The summed E-state index contributed by atoms with van der Waals surface area (Å²) in [5.41, 5.74) is 18.6. The Hall–Kier alpha value is -6.44. The number of anilines is 3. The van der Waals surface area contributed by atoms with Crippen LogP contribution in [-0.4, -0.2) is 0 Å². The van der Waals surface area contributed by atoms with Gasteiger partial charge in [0, 0.05) is 17.1 Å². The third kappa shape index (κ3) is 8.53. The van der Waals surface area contributed by atoms with Crippen LogP contribution in [0.1, 0.15) is 68.5 Å². The molecular formula is C54H47N. The van der Waals surface area contributed by atoms with Gasteiger partial charge in [0.2, 0.25) is 0 Å². The topological polar surface area (TPSA) is 3.24 Å². The summed E-state index contributed by atoms with van der Waals surface area (Å²) in [6, 6.07) is 64.0. The van der Waals surface area contributed by atoms with E-state index in [4.69, 9.17) is 0 Å². The Balaban J connectivity index is 1.12. The second-order valence-electron chi connectivity index (χ2n) is 14.6. The SMILES string of the molecule is Cc1ccc(C(=CC=Cc2ccc(N(c3ccc(C=C(c4ccccc4)c4ccccc4)cc3)c3ccc4c(c3)CCCC4)cc2)c2ccc(C)cc2)cc1. The average molecular weight is 710 g/mol. The van der Waals surface area contributed by atoms with Crippen LogP contribution in [0.25, 0.3) is 23.3 Å². The number of aryl methyl sites for hydroxylation is 4. The molecule has 0 amide bonds.